The monoisotopic (exact) mass is 533 g/mol. The summed E-state index contributed by atoms with van der Waals surface area (Å²) in [6.07, 6.45) is 1.72. The Morgan fingerprint density at radius 1 is 1.06 bits per heavy atom. The topological polar surface area (TPSA) is 86.8 Å². The van der Waals surface area contributed by atoms with Crippen molar-refractivity contribution >= 4 is 62.3 Å². The number of carbonyl (C=O) groups is 2. The molecule has 11 heteroatoms. The third-order valence-electron chi connectivity index (χ3n) is 4.83. The summed E-state index contributed by atoms with van der Waals surface area (Å²) in [6, 6.07) is 10.3. The van der Waals surface area contributed by atoms with Crippen LogP contribution in [0.4, 0.5) is 5.69 Å². The Morgan fingerprint density at radius 3 is 2.33 bits per heavy atom. The van der Waals surface area contributed by atoms with Crippen LogP contribution in [0.5, 0.6) is 0 Å². The van der Waals surface area contributed by atoms with Crippen LogP contribution in [0.3, 0.4) is 0 Å². The van der Waals surface area contributed by atoms with E-state index >= 15 is 0 Å². The maximum atomic E-state index is 13.4. The molecule has 0 spiro atoms. The van der Waals surface area contributed by atoms with E-state index in [-0.39, 0.29) is 28.2 Å². The fourth-order valence-corrected chi connectivity index (χ4v) is 4.41. The van der Waals surface area contributed by atoms with Crippen molar-refractivity contribution < 1.29 is 18.0 Å². The number of halogens is 3. The molecule has 0 saturated carbocycles. The Morgan fingerprint density at radius 2 is 1.76 bits per heavy atom. The van der Waals surface area contributed by atoms with E-state index in [1.807, 2.05) is 6.92 Å². The number of nitrogens with one attached hydrogen (secondary N) is 1. The van der Waals surface area contributed by atoms with Crippen LogP contribution in [0, 0.1) is 0 Å². The van der Waals surface area contributed by atoms with Crippen molar-refractivity contribution in [2.45, 2.75) is 32.9 Å². The first-order chi connectivity index (χ1) is 15.4. The smallest absolute Gasteiger partial charge is 0.244 e. The van der Waals surface area contributed by atoms with Crippen molar-refractivity contribution in [2.24, 2.45) is 0 Å². The highest BCUT2D eigenvalue weighted by atomic mass is 35.5. The fourth-order valence-electron chi connectivity index (χ4n) is 3.06. The second-order valence-electron chi connectivity index (χ2n) is 7.49. The number of anilines is 1. The van der Waals surface area contributed by atoms with E-state index < -0.39 is 28.5 Å². The first kappa shape index (κ1) is 27.2. The Balaban J connectivity index is 2.39. The predicted molar refractivity (Wildman–Crippen MR) is 133 cm³/mol. The summed E-state index contributed by atoms with van der Waals surface area (Å²) in [4.78, 5) is 27.4. The molecule has 0 radical (unpaired) electrons. The van der Waals surface area contributed by atoms with Gasteiger partial charge in [-0.1, -0.05) is 53.9 Å². The molecule has 0 fully saturated rings. The van der Waals surface area contributed by atoms with Crippen LogP contribution in [0.2, 0.25) is 15.1 Å². The quantitative estimate of drug-likeness (QED) is 0.491. The van der Waals surface area contributed by atoms with Crippen LogP contribution in [0.15, 0.2) is 42.5 Å². The molecular weight excluding hydrogens is 509 g/mol. The maximum Gasteiger partial charge on any atom is 0.244 e. The largest absolute Gasteiger partial charge is 0.354 e. The van der Waals surface area contributed by atoms with Gasteiger partial charge in [0.15, 0.2) is 0 Å². The molecule has 1 atom stereocenters. The summed E-state index contributed by atoms with van der Waals surface area (Å²) in [5, 5.41) is 3.66. The first-order valence-corrected chi connectivity index (χ1v) is 13.2. The molecule has 0 aliphatic rings. The van der Waals surface area contributed by atoms with Gasteiger partial charge in [0.05, 0.1) is 22.0 Å². The van der Waals surface area contributed by atoms with Gasteiger partial charge in [0.2, 0.25) is 21.8 Å². The van der Waals surface area contributed by atoms with Crippen LogP contribution in [-0.2, 0) is 26.2 Å². The highest BCUT2D eigenvalue weighted by Gasteiger charge is 2.30. The molecule has 2 amide bonds. The van der Waals surface area contributed by atoms with Crippen LogP contribution in [0.25, 0.3) is 0 Å². The van der Waals surface area contributed by atoms with E-state index in [0.717, 1.165) is 17.0 Å². The predicted octanol–water partition coefficient (Wildman–Crippen LogP) is 4.36. The summed E-state index contributed by atoms with van der Waals surface area (Å²) in [5.74, 6) is -0.904. The summed E-state index contributed by atoms with van der Waals surface area (Å²) in [5.41, 5.74) is 0.887. The van der Waals surface area contributed by atoms with Crippen LogP contribution >= 0.6 is 34.8 Å². The van der Waals surface area contributed by atoms with Gasteiger partial charge in [-0.15, -0.1) is 0 Å². The van der Waals surface area contributed by atoms with Gasteiger partial charge in [0.1, 0.15) is 12.6 Å². The van der Waals surface area contributed by atoms with Crippen molar-refractivity contribution in [3.63, 3.8) is 0 Å². The molecule has 7 nitrogen and oxygen atoms in total. The van der Waals surface area contributed by atoms with Crippen LogP contribution < -0.4 is 9.62 Å². The van der Waals surface area contributed by atoms with Gasteiger partial charge < -0.3 is 10.2 Å². The highest BCUT2D eigenvalue weighted by molar-refractivity contribution is 7.92. The van der Waals surface area contributed by atoms with E-state index in [2.05, 4.69) is 5.32 Å². The third-order valence-corrected chi connectivity index (χ3v) is 6.94. The summed E-state index contributed by atoms with van der Waals surface area (Å²) in [6.45, 7) is 3.52. The maximum absolute atomic E-state index is 13.4. The summed E-state index contributed by atoms with van der Waals surface area (Å²) in [7, 11) is -3.85. The van der Waals surface area contributed by atoms with E-state index in [1.54, 1.807) is 31.2 Å². The number of benzene rings is 2. The molecule has 0 bridgehead atoms. The van der Waals surface area contributed by atoms with E-state index in [9.17, 15) is 18.0 Å². The van der Waals surface area contributed by atoms with Gasteiger partial charge >= 0.3 is 0 Å². The molecule has 0 saturated heterocycles. The number of hydrogen-bond donors (Lipinski definition) is 1. The van der Waals surface area contributed by atoms with Crippen molar-refractivity contribution in [3.8, 4) is 0 Å². The average Bonchev–Trinajstić information content (AvgIpc) is 2.74. The van der Waals surface area contributed by atoms with Gasteiger partial charge in [0.25, 0.3) is 0 Å². The zero-order valence-corrected chi connectivity index (χ0v) is 21.6. The molecule has 1 N–H and O–H groups in total. The van der Waals surface area contributed by atoms with Gasteiger partial charge in [-0.05, 0) is 49.2 Å². The Kier molecular flexibility index (Phi) is 9.84. The summed E-state index contributed by atoms with van der Waals surface area (Å²) >= 11 is 18.1. The minimum atomic E-state index is -3.85. The first-order valence-electron chi connectivity index (χ1n) is 10.2. The second kappa shape index (κ2) is 11.9. The molecule has 0 unspecified atom stereocenters. The molecule has 2 aromatic carbocycles. The van der Waals surface area contributed by atoms with Gasteiger partial charge in [-0.2, -0.15) is 0 Å². The van der Waals surface area contributed by atoms with Crippen LogP contribution in [0.1, 0.15) is 25.8 Å². The van der Waals surface area contributed by atoms with Crippen molar-refractivity contribution in [3.05, 3.63) is 63.1 Å². The SMILES string of the molecule is CCCNC(=O)[C@H](C)N(Cc1cccc(Cl)c1)C(=O)CN(c1ccc(Cl)c(Cl)c1)S(C)(=O)=O. The van der Waals surface area contributed by atoms with Crippen LogP contribution in [-0.4, -0.2) is 50.5 Å². The molecule has 0 aromatic heterocycles. The number of nitrogens with zero attached hydrogens (tertiary/aromatic N) is 2. The molecule has 0 aliphatic heterocycles. The Hall–Kier alpha value is -2.00. The van der Waals surface area contributed by atoms with Crippen molar-refractivity contribution in [2.75, 3.05) is 23.7 Å². The van der Waals surface area contributed by atoms with E-state index in [1.165, 1.54) is 23.1 Å². The lowest BCUT2D eigenvalue weighted by atomic mass is 10.1. The second-order valence-corrected chi connectivity index (χ2v) is 10.6. The molecule has 0 aliphatic carbocycles. The lowest BCUT2D eigenvalue weighted by Crippen LogP contribution is -2.51. The molecule has 0 heterocycles. The van der Waals surface area contributed by atoms with Gasteiger partial charge in [0, 0.05) is 18.1 Å². The Bertz CT molecular complexity index is 1110. The minimum Gasteiger partial charge on any atom is -0.354 e. The Labute approximate surface area is 209 Å². The average molecular weight is 535 g/mol. The lowest BCUT2D eigenvalue weighted by Gasteiger charge is -2.31. The summed E-state index contributed by atoms with van der Waals surface area (Å²) < 4.78 is 26.0. The zero-order chi connectivity index (χ0) is 24.8. The molecule has 2 rings (SSSR count). The number of rotatable bonds is 10. The van der Waals surface area contributed by atoms with Crippen molar-refractivity contribution in [1.82, 2.24) is 10.2 Å². The lowest BCUT2D eigenvalue weighted by molar-refractivity contribution is -0.139. The molecular formula is C22H26Cl3N3O4S. The van der Waals surface area contributed by atoms with Gasteiger partial charge in [-0.25, -0.2) is 8.42 Å². The molecule has 180 valence electrons. The molecule has 2 aromatic rings. The minimum absolute atomic E-state index is 0.0685. The fraction of sp³-hybridized carbons (Fsp3) is 0.364. The van der Waals surface area contributed by atoms with Gasteiger partial charge in [-0.3, -0.25) is 13.9 Å². The third kappa shape index (κ3) is 7.78. The normalized spacial score (nSPS) is 12.2. The molecule has 33 heavy (non-hydrogen) atoms. The van der Waals surface area contributed by atoms with E-state index in [4.69, 9.17) is 34.8 Å². The zero-order valence-electron chi connectivity index (χ0n) is 18.5. The van der Waals surface area contributed by atoms with E-state index in [0.29, 0.717) is 17.1 Å². The number of hydrogen-bond acceptors (Lipinski definition) is 4. The van der Waals surface area contributed by atoms with Crippen molar-refractivity contribution in [1.29, 1.82) is 0 Å². The number of amides is 2. The highest BCUT2D eigenvalue weighted by Crippen LogP contribution is 2.28. The number of carbonyl (C=O) groups excluding carboxylic acids is 2. The standard InChI is InChI=1S/C22H26Cl3N3O4S/c1-4-10-26-22(30)15(2)27(13-16-6-5-7-17(23)11-16)21(29)14-28(33(3,31)32)18-8-9-19(24)20(25)12-18/h5-9,11-12,15H,4,10,13-14H2,1-3H3,(H,26,30)/t15-/m0/s1. The number of sulfonamides is 1.